The first-order chi connectivity index (χ1) is 10.0. The normalized spacial score (nSPS) is 23.8. The van der Waals surface area contributed by atoms with Gasteiger partial charge in [0, 0.05) is 33.1 Å². The van der Waals surface area contributed by atoms with E-state index in [1.54, 1.807) is 11.8 Å². The van der Waals surface area contributed by atoms with E-state index in [0.29, 0.717) is 32.5 Å². The van der Waals surface area contributed by atoms with Gasteiger partial charge in [0.2, 0.25) is 11.8 Å². The van der Waals surface area contributed by atoms with E-state index in [0.717, 1.165) is 19.4 Å². The molecule has 6 nitrogen and oxygen atoms in total. The molecule has 0 aromatic heterocycles. The second kappa shape index (κ2) is 6.91. The van der Waals surface area contributed by atoms with Crippen molar-refractivity contribution in [1.82, 2.24) is 9.80 Å². The van der Waals surface area contributed by atoms with Crippen LogP contribution in [0.5, 0.6) is 0 Å². The van der Waals surface area contributed by atoms with Crippen LogP contribution in [-0.2, 0) is 19.1 Å². The van der Waals surface area contributed by atoms with Gasteiger partial charge >= 0.3 is 5.97 Å². The highest BCUT2D eigenvalue weighted by Gasteiger charge is 2.33. The first-order valence-electron chi connectivity index (χ1n) is 7.65. The van der Waals surface area contributed by atoms with Crippen molar-refractivity contribution in [2.75, 3.05) is 33.3 Å². The third kappa shape index (κ3) is 3.74. The maximum absolute atomic E-state index is 12.5. The third-order valence-electron chi connectivity index (χ3n) is 4.56. The van der Waals surface area contributed by atoms with Crippen molar-refractivity contribution in [1.29, 1.82) is 0 Å². The SMILES string of the molecule is COC(=O)C1CCN(C(=O)C2CCCN(C(C)=O)C2)CC1. The molecule has 118 valence electrons. The molecule has 2 heterocycles. The van der Waals surface area contributed by atoms with Crippen LogP contribution in [0.2, 0.25) is 0 Å². The summed E-state index contributed by atoms with van der Waals surface area (Å²) in [5.41, 5.74) is 0. The van der Waals surface area contributed by atoms with Crippen LogP contribution >= 0.6 is 0 Å². The molecule has 2 amide bonds. The van der Waals surface area contributed by atoms with E-state index in [4.69, 9.17) is 4.74 Å². The molecule has 2 rings (SSSR count). The largest absolute Gasteiger partial charge is 0.469 e. The predicted octanol–water partition coefficient (Wildman–Crippen LogP) is 0.656. The number of likely N-dealkylation sites (tertiary alicyclic amines) is 2. The second-order valence-corrected chi connectivity index (χ2v) is 5.93. The Kier molecular flexibility index (Phi) is 5.20. The van der Waals surface area contributed by atoms with E-state index in [2.05, 4.69) is 0 Å². The van der Waals surface area contributed by atoms with Gasteiger partial charge in [0.25, 0.3) is 0 Å². The van der Waals surface area contributed by atoms with Gasteiger partial charge in [-0.25, -0.2) is 0 Å². The molecule has 0 bridgehead atoms. The van der Waals surface area contributed by atoms with Gasteiger partial charge in [-0.15, -0.1) is 0 Å². The van der Waals surface area contributed by atoms with Gasteiger partial charge in [-0.3, -0.25) is 14.4 Å². The molecule has 0 aromatic carbocycles. The van der Waals surface area contributed by atoms with Gasteiger partial charge in [-0.1, -0.05) is 0 Å². The Morgan fingerprint density at radius 2 is 1.62 bits per heavy atom. The van der Waals surface area contributed by atoms with Crippen LogP contribution in [0.4, 0.5) is 0 Å². The van der Waals surface area contributed by atoms with Crippen molar-refractivity contribution in [3.63, 3.8) is 0 Å². The molecule has 0 spiro atoms. The predicted molar refractivity (Wildman–Crippen MR) is 76.3 cm³/mol. The molecule has 0 N–H and O–H groups in total. The lowest BCUT2D eigenvalue weighted by atomic mass is 9.93. The number of piperidine rings is 2. The number of rotatable bonds is 2. The van der Waals surface area contributed by atoms with E-state index in [9.17, 15) is 14.4 Å². The fourth-order valence-electron chi connectivity index (χ4n) is 3.23. The summed E-state index contributed by atoms with van der Waals surface area (Å²) >= 11 is 0. The topological polar surface area (TPSA) is 66.9 Å². The molecule has 1 atom stereocenters. The minimum absolute atomic E-state index is 0.0388. The standard InChI is InChI=1S/C15H24N2O4/c1-11(18)17-7-3-4-13(10-17)14(19)16-8-5-12(6-9-16)15(20)21-2/h12-13H,3-10H2,1-2H3. The number of hydrogen-bond donors (Lipinski definition) is 0. The summed E-state index contributed by atoms with van der Waals surface area (Å²) in [5, 5.41) is 0. The van der Waals surface area contributed by atoms with Crippen molar-refractivity contribution >= 4 is 17.8 Å². The maximum atomic E-state index is 12.5. The Labute approximate surface area is 125 Å². The summed E-state index contributed by atoms with van der Waals surface area (Å²) in [6.45, 7) is 4.05. The second-order valence-electron chi connectivity index (χ2n) is 5.93. The molecule has 2 fully saturated rings. The van der Waals surface area contributed by atoms with Gasteiger partial charge in [0.05, 0.1) is 18.9 Å². The van der Waals surface area contributed by atoms with Gasteiger partial charge in [0.15, 0.2) is 0 Å². The number of nitrogens with zero attached hydrogens (tertiary/aromatic N) is 2. The summed E-state index contributed by atoms with van der Waals surface area (Å²) in [7, 11) is 1.40. The van der Waals surface area contributed by atoms with Crippen molar-refractivity contribution in [2.24, 2.45) is 11.8 Å². The molecule has 2 aliphatic rings. The van der Waals surface area contributed by atoms with Crippen LogP contribution in [-0.4, -0.2) is 60.9 Å². The monoisotopic (exact) mass is 296 g/mol. The quantitative estimate of drug-likeness (QED) is 0.702. The van der Waals surface area contributed by atoms with E-state index in [1.165, 1.54) is 7.11 Å². The minimum Gasteiger partial charge on any atom is -0.469 e. The zero-order chi connectivity index (χ0) is 15.4. The summed E-state index contributed by atoms with van der Waals surface area (Å²) in [5.74, 6) is -0.180. The van der Waals surface area contributed by atoms with Crippen LogP contribution < -0.4 is 0 Å². The number of carbonyl (C=O) groups is 3. The fraction of sp³-hybridized carbons (Fsp3) is 0.800. The third-order valence-corrected chi connectivity index (χ3v) is 4.56. The summed E-state index contributed by atoms with van der Waals surface area (Å²) in [6.07, 6.45) is 3.07. The summed E-state index contributed by atoms with van der Waals surface area (Å²) < 4.78 is 4.76. The average Bonchev–Trinajstić information content (AvgIpc) is 2.53. The molecule has 0 saturated carbocycles. The van der Waals surface area contributed by atoms with E-state index in [1.807, 2.05) is 4.90 Å². The molecule has 0 aliphatic carbocycles. The van der Waals surface area contributed by atoms with Gasteiger partial charge in [-0.2, -0.15) is 0 Å². The molecule has 1 unspecified atom stereocenters. The first kappa shape index (κ1) is 15.8. The minimum atomic E-state index is -0.178. The lowest BCUT2D eigenvalue weighted by molar-refractivity contribution is -0.150. The number of carbonyl (C=O) groups excluding carboxylic acids is 3. The smallest absolute Gasteiger partial charge is 0.308 e. The Balaban J connectivity index is 1.87. The maximum Gasteiger partial charge on any atom is 0.308 e. The van der Waals surface area contributed by atoms with Crippen molar-refractivity contribution in [3.8, 4) is 0 Å². The van der Waals surface area contributed by atoms with Crippen LogP contribution in [0, 0.1) is 11.8 Å². The Hall–Kier alpha value is -1.59. The zero-order valence-electron chi connectivity index (χ0n) is 12.8. The molecule has 6 heteroatoms. The Morgan fingerprint density at radius 1 is 0.952 bits per heavy atom. The molecule has 2 saturated heterocycles. The number of ether oxygens (including phenoxy) is 1. The highest BCUT2D eigenvalue weighted by molar-refractivity contribution is 5.81. The summed E-state index contributed by atoms with van der Waals surface area (Å²) in [6, 6.07) is 0. The lowest BCUT2D eigenvalue weighted by Crippen LogP contribution is -2.48. The van der Waals surface area contributed by atoms with Gasteiger partial charge < -0.3 is 14.5 Å². The van der Waals surface area contributed by atoms with Gasteiger partial charge in [-0.05, 0) is 25.7 Å². The first-order valence-corrected chi connectivity index (χ1v) is 7.65. The number of amides is 2. The zero-order valence-corrected chi connectivity index (χ0v) is 12.8. The van der Waals surface area contributed by atoms with Crippen LogP contribution in [0.1, 0.15) is 32.6 Å². The summed E-state index contributed by atoms with van der Waals surface area (Å²) in [4.78, 5) is 39.1. The molecule has 21 heavy (non-hydrogen) atoms. The highest BCUT2D eigenvalue weighted by Crippen LogP contribution is 2.23. The number of methoxy groups -OCH3 is 1. The Bertz CT molecular complexity index is 416. The highest BCUT2D eigenvalue weighted by atomic mass is 16.5. The van der Waals surface area contributed by atoms with Crippen LogP contribution in [0.25, 0.3) is 0 Å². The molecular weight excluding hydrogens is 272 g/mol. The molecule has 2 aliphatic heterocycles. The fourth-order valence-corrected chi connectivity index (χ4v) is 3.23. The van der Waals surface area contributed by atoms with Crippen molar-refractivity contribution in [3.05, 3.63) is 0 Å². The number of hydrogen-bond acceptors (Lipinski definition) is 4. The molecule has 0 radical (unpaired) electrons. The van der Waals surface area contributed by atoms with E-state index in [-0.39, 0.29) is 29.6 Å². The van der Waals surface area contributed by atoms with E-state index < -0.39 is 0 Å². The van der Waals surface area contributed by atoms with E-state index >= 15 is 0 Å². The van der Waals surface area contributed by atoms with Crippen LogP contribution in [0.3, 0.4) is 0 Å². The van der Waals surface area contributed by atoms with Crippen molar-refractivity contribution < 1.29 is 19.1 Å². The molecule has 0 aromatic rings. The average molecular weight is 296 g/mol. The Morgan fingerprint density at radius 3 is 2.19 bits per heavy atom. The molecular formula is C15H24N2O4. The van der Waals surface area contributed by atoms with Gasteiger partial charge in [0.1, 0.15) is 0 Å². The van der Waals surface area contributed by atoms with Crippen molar-refractivity contribution in [2.45, 2.75) is 32.6 Å². The number of esters is 1. The lowest BCUT2D eigenvalue weighted by Gasteiger charge is -2.37. The van der Waals surface area contributed by atoms with Crippen LogP contribution in [0.15, 0.2) is 0 Å².